The molecule has 0 unspecified atom stereocenters. The van der Waals surface area contributed by atoms with Gasteiger partial charge in [-0.2, -0.15) is 0 Å². The molecule has 7 heteroatoms. The third kappa shape index (κ3) is 2.76. The Morgan fingerprint density at radius 2 is 2.08 bits per heavy atom. The lowest BCUT2D eigenvalue weighted by atomic mass is 9.83. The number of pyridine rings is 1. The second-order valence-electron chi connectivity index (χ2n) is 5.94. The summed E-state index contributed by atoms with van der Waals surface area (Å²) in [4.78, 5) is 25.6. The summed E-state index contributed by atoms with van der Waals surface area (Å²) in [5, 5.41) is 0.419. The number of carbonyl (C=O) groups excluding carboxylic acids is 1. The summed E-state index contributed by atoms with van der Waals surface area (Å²) in [5.41, 5.74) is 7.49. The van der Waals surface area contributed by atoms with Gasteiger partial charge in [0.05, 0.1) is 18.6 Å². The van der Waals surface area contributed by atoms with Gasteiger partial charge in [-0.1, -0.05) is 29.8 Å². The van der Waals surface area contributed by atoms with Crippen molar-refractivity contribution in [1.82, 2.24) is 4.57 Å². The van der Waals surface area contributed by atoms with E-state index in [9.17, 15) is 9.59 Å². The van der Waals surface area contributed by atoms with Gasteiger partial charge in [0.2, 0.25) is 5.88 Å². The van der Waals surface area contributed by atoms with E-state index < -0.39 is 11.9 Å². The first-order valence-electron chi connectivity index (χ1n) is 8.15. The second-order valence-corrected chi connectivity index (χ2v) is 6.35. The Kier molecular flexibility index (Phi) is 4.78. The van der Waals surface area contributed by atoms with E-state index in [0.29, 0.717) is 28.4 Å². The lowest BCUT2D eigenvalue weighted by Gasteiger charge is -2.29. The highest BCUT2D eigenvalue weighted by Gasteiger charge is 2.38. The SMILES string of the molecule is CCn1c(C)cc2c(c1=O)[C@H](c1ccccc1Cl)C(C(=O)OC)=C(N)O2. The van der Waals surface area contributed by atoms with Crippen molar-refractivity contribution in [1.29, 1.82) is 0 Å². The number of halogens is 1. The number of carbonyl (C=O) groups is 1. The Morgan fingerprint density at radius 1 is 1.38 bits per heavy atom. The van der Waals surface area contributed by atoms with Crippen LogP contribution in [-0.2, 0) is 16.1 Å². The molecular weight excluding hydrogens is 356 g/mol. The van der Waals surface area contributed by atoms with Crippen molar-refractivity contribution in [3.05, 3.63) is 74.0 Å². The number of aryl methyl sites for hydroxylation is 1. The maximum absolute atomic E-state index is 13.1. The number of fused-ring (bicyclic) bond motifs is 1. The fourth-order valence-electron chi connectivity index (χ4n) is 3.31. The molecule has 0 aliphatic carbocycles. The number of nitrogens with two attached hydrogens (primary N) is 1. The second kappa shape index (κ2) is 6.88. The van der Waals surface area contributed by atoms with Gasteiger partial charge in [0, 0.05) is 23.3 Å². The molecular formula is C19H19ClN2O4. The molecule has 136 valence electrons. The molecule has 2 heterocycles. The summed E-state index contributed by atoms with van der Waals surface area (Å²) in [6.45, 7) is 4.18. The number of nitrogens with zero attached hydrogens (tertiary/aromatic N) is 1. The Hall–Kier alpha value is -2.73. The molecule has 0 radical (unpaired) electrons. The number of benzene rings is 1. The number of ether oxygens (including phenoxy) is 2. The van der Waals surface area contributed by atoms with Gasteiger partial charge in [0.15, 0.2) is 0 Å². The summed E-state index contributed by atoms with van der Waals surface area (Å²) in [7, 11) is 1.25. The lowest BCUT2D eigenvalue weighted by molar-refractivity contribution is -0.136. The van der Waals surface area contributed by atoms with E-state index in [1.165, 1.54) is 7.11 Å². The van der Waals surface area contributed by atoms with E-state index in [1.54, 1.807) is 34.9 Å². The van der Waals surface area contributed by atoms with Crippen molar-refractivity contribution in [2.75, 3.05) is 7.11 Å². The van der Waals surface area contributed by atoms with Gasteiger partial charge in [-0.3, -0.25) is 4.79 Å². The average Bonchev–Trinajstić information content (AvgIpc) is 2.60. The average molecular weight is 375 g/mol. The van der Waals surface area contributed by atoms with Gasteiger partial charge in [0.1, 0.15) is 11.3 Å². The van der Waals surface area contributed by atoms with Crippen LogP contribution < -0.4 is 16.0 Å². The molecule has 1 aromatic heterocycles. The summed E-state index contributed by atoms with van der Waals surface area (Å²) < 4.78 is 12.1. The van der Waals surface area contributed by atoms with Gasteiger partial charge in [-0.15, -0.1) is 0 Å². The molecule has 1 aromatic carbocycles. The van der Waals surface area contributed by atoms with E-state index in [4.69, 9.17) is 26.8 Å². The van der Waals surface area contributed by atoms with E-state index in [-0.39, 0.29) is 17.0 Å². The van der Waals surface area contributed by atoms with Crippen LogP contribution in [0, 0.1) is 6.92 Å². The standard InChI is InChI=1S/C19H19ClN2O4/c1-4-22-10(2)9-13-15(18(22)23)14(11-7-5-6-8-12(11)20)16(17(21)26-13)19(24)25-3/h5-9,14H,4,21H2,1-3H3/t14-/m0/s1. The highest BCUT2D eigenvalue weighted by atomic mass is 35.5. The van der Waals surface area contributed by atoms with Crippen molar-refractivity contribution >= 4 is 17.6 Å². The first-order valence-corrected chi connectivity index (χ1v) is 8.53. The number of hydrogen-bond donors (Lipinski definition) is 1. The smallest absolute Gasteiger partial charge is 0.340 e. The minimum atomic E-state index is -0.772. The minimum absolute atomic E-state index is 0.0664. The zero-order valence-corrected chi connectivity index (χ0v) is 15.5. The Morgan fingerprint density at radius 3 is 2.69 bits per heavy atom. The molecule has 0 amide bonds. The topological polar surface area (TPSA) is 83.5 Å². The lowest BCUT2D eigenvalue weighted by Crippen LogP contribution is -2.35. The predicted molar refractivity (Wildman–Crippen MR) is 98.3 cm³/mol. The zero-order chi connectivity index (χ0) is 19.0. The number of rotatable bonds is 3. The van der Waals surface area contributed by atoms with Crippen LogP contribution in [0.5, 0.6) is 5.75 Å². The van der Waals surface area contributed by atoms with E-state index >= 15 is 0 Å². The molecule has 0 saturated carbocycles. The van der Waals surface area contributed by atoms with Crippen molar-refractivity contribution in [3.8, 4) is 5.75 Å². The van der Waals surface area contributed by atoms with Gasteiger partial charge in [-0.05, 0) is 25.5 Å². The van der Waals surface area contributed by atoms with Crippen LogP contribution in [0.15, 0.2) is 46.6 Å². The van der Waals surface area contributed by atoms with Crippen LogP contribution >= 0.6 is 11.6 Å². The summed E-state index contributed by atoms with van der Waals surface area (Å²) in [6, 6.07) is 8.76. The maximum atomic E-state index is 13.1. The van der Waals surface area contributed by atoms with Crippen LogP contribution in [0.1, 0.15) is 29.7 Å². The van der Waals surface area contributed by atoms with E-state index in [1.807, 2.05) is 13.8 Å². The zero-order valence-electron chi connectivity index (χ0n) is 14.7. The molecule has 1 aliphatic heterocycles. The summed E-state index contributed by atoms with van der Waals surface area (Å²) in [6.07, 6.45) is 0. The monoisotopic (exact) mass is 374 g/mol. The summed E-state index contributed by atoms with van der Waals surface area (Å²) in [5.74, 6) is -1.21. The highest BCUT2D eigenvalue weighted by molar-refractivity contribution is 6.31. The largest absolute Gasteiger partial charge is 0.465 e. The molecule has 0 spiro atoms. The highest BCUT2D eigenvalue weighted by Crippen LogP contribution is 2.43. The van der Waals surface area contributed by atoms with E-state index in [2.05, 4.69) is 0 Å². The first-order chi connectivity index (χ1) is 12.4. The molecule has 0 saturated heterocycles. The Bertz CT molecular complexity index is 978. The quantitative estimate of drug-likeness (QED) is 0.835. The molecule has 3 rings (SSSR count). The van der Waals surface area contributed by atoms with Gasteiger partial charge >= 0.3 is 5.97 Å². The summed E-state index contributed by atoms with van der Waals surface area (Å²) >= 11 is 6.38. The third-order valence-electron chi connectivity index (χ3n) is 4.51. The molecule has 2 aromatic rings. The van der Waals surface area contributed by atoms with Gasteiger partial charge in [-0.25, -0.2) is 4.79 Å². The van der Waals surface area contributed by atoms with E-state index in [0.717, 1.165) is 5.69 Å². The maximum Gasteiger partial charge on any atom is 0.340 e. The van der Waals surface area contributed by atoms with Crippen molar-refractivity contribution < 1.29 is 14.3 Å². The minimum Gasteiger partial charge on any atom is -0.465 e. The van der Waals surface area contributed by atoms with Crippen molar-refractivity contribution in [2.45, 2.75) is 26.3 Å². The molecule has 1 atom stereocenters. The number of methoxy groups -OCH3 is 1. The van der Waals surface area contributed by atoms with Crippen molar-refractivity contribution in [3.63, 3.8) is 0 Å². The van der Waals surface area contributed by atoms with Crippen LogP contribution in [0.3, 0.4) is 0 Å². The van der Waals surface area contributed by atoms with Crippen LogP contribution in [-0.4, -0.2) is 17.6 Å². The Labute approximate surface area is 155 Å². The number of hydrogen-bond acceptors (Lipinski definition) is 5. The van der Waals surface area contributed by atoms with Crippen LogP contribution in [0.25, 0.3) is 0 Å². The molecule has 26 heavy (non-hydrogen) atoms. The normalized spacial score (nSPS) is 16.1. The van der Waals surface area contributed by atoms with Gasteiger partial charge in [0.25, 0.3) is 5.56 Å². The fraction of sp³-hybridized carbons (Fsp3) is 0.263. The molecule has 0 fully saturated rings. The first kappa shape index (κ1) is 18.1. The fourth-order valence-corrected chi connectivity index (χ4v) is 3.55. The number of esters is 1. The molecule has 1 aliphatic rings. The van der Waals surface area contributed by atoms with Crippen LogP contribution in [0.2, 0.25) is 5.02 Å². The third-order valence-corrected chi connectivity index (χ3v) is 4.85. The molecule has 0 bridgehead atoms. The van der Waals surface area contributed by atoms with Crippen LogP contribution in [0.4, 0.5) is 0 Å². The van der Waals surface area contributed by atoms with Gasteiger partial charge < -0.3 is 19.8 Å². The molecule has 6 nitrogen and oxygen atoms in total. The van der Waals surface area contributed by atoms with Crippen molar-refractivity contribution in [2.24, 2.45) is 5.73 Å². The predicted octanol–water partition coefficient (Wildman–Crippen LogP) is 2.70. The number of aromatic nitrogens is 1. The molecule has 2 N–H and O–H groups in total. The Balaban J connectivity index is 2.39.